The van der Waals surface area contributed by atoms with Gasteiger partial charge in [-0.15, -0.1) is 0 Å². The normalized spacial score (nSPS) is 16.5. The summed E-state index contributed by atoms with van der Waals surface area (Å²) in [7, 11) is 0. The Bertz CT molecular complexity index is 500. The van der Waals surface area contributed by atoms with E-state index < -0.39 is 17.5 Å². The van der Waals surface area contributed by atoms with Gasteiger partial charge in [-0.3, -0.25) is 9.69 Å². The second-order valence-corrected chi connectivity index (χ2v) is 4.94. The van der Waals surface area contributed by atoms with Gasteiger partial charge in [0.2, 0.25) is 0 Å². The highest BCUT2D eigenvalue weighted by Crippen LogP contribution is 2.17. The van der Waals surface area contributed by atoms with Gasteiger partial charge in [0.15, 0.2) is 0 Å². The highest BCUT2D eigenvalue weighted by atomic mass is 19.1. The van der Waals surface area contributed by atoms with E-state index >= 15 is 0 Å². The largest absolute Gasteiger partial charge is 0.395 e. The minimum Gasteiger partial charge on any atom is -0.395 e. The Morgan fingerprint density at radius 3 is 2.45 bits per heavy atom. The van der Waals surface area contributed by atoms with Crippen LogP contribution in [0, 0.1) is 18.6 Å². The number of hydrogen-bond acceptors (Lipinski definition) is 3. The van der Waals surface area contributed by atoms with Crippen molar-refractivity contribution in [3.05, 3.63) is 34.9 Å². The summed E-state index contributed by atoms with van der Waals surface area (Å²) in [5.41, 5.74) is -0.0319. The van der Waals surface area contributed by atoms with Gasteiger partial charge >= 0.3 is 0 Å². The number of carbonyl (C=O) groups excluding carboxylic acids is 1. The van der Waals surface area contributed by atoms with Gasteiger partial charge in [0.1, 0.15) is 11.6 Å². The number of β-amino-alcohol motifs (C(OH)–C–C–N with tert-alkyl or cyclic N) is 1. The van der Waals surface area contributed by atoms with Crippen LogP contribution in [0.2, 0.25) is 0 Å². The quantitative estimate of drug-likeness (QED) is 0.901. The summed E-state index contributed by atoms with van der Waals surface area (Å²) in [5.74, 6) is -1.74. The zero-order valence-corrected chi connectivity index (χ0v) is 11.4. The molecule has 4 nitrogen and oxygen atoms in total. The van der Waals surface area contributed by atoms with Crippen LogP contribution in [0.15, 0.2) is 12.1 Å². The molecule has 1 N–H and O–H groups in total. The summed E-state index contributed by atoms with van der Waals surface area (Å²) in [5, 5.41) is 8.85. The molecule has 0 aromatic heterocycles. The maximum absolute atomic E-state index is 13.8. The molecule has 1 saturated heterocycles. The topological polar surface area (TPSA) is 43.8 Å². The van der Waals surface area contributed by atoms with Gasteiger partial charge in [0, 0.05) is 32.7 Å². The van der Waals surface area contributed by atoms with E-state index in [0.717, 1.165) is 12.1 Å². The molecule has 1 heterocycles. The van der Waals surface area contributed by atoms with Crippen LogP contribution in [0.1, 0.15) is 15.9 Å². The number of rotatable bonds is 3. The van der Waals surface area contributed by atoms with Gasteiger partial charge in [-0.1, -0.05) is 0 Å². The number of aliphatic hydroxyl groups excluding tert-OH is 1. The Hall–Kier alpha value is -1.53. The molecule has 6 heteroatoms. The van der Waals surface area contributed by atoms with E-state index in [4.69, 9.17) is 5.11 Å². The molecule has 0 aliphatic carbocycles. The summed E-state index contributed by atoms with van der Waals surface area (Å²) in [4.78, 5) is 15.7. The van der Waals surface area contributed by atoms with Crippen molar-refractivity contribution in [3.63, 3.8) is 0 Å². The lowest BCUT2D eigenvalue weighted by Gasteiger charge is -2.34. The van der Waals surface area contributed by atoms with Crippen LogP contribution in [-0.4, -0.2) is 60.1 Å². The molecule has 1 aromatic carbocycles. The number of carbonyl (C=O) groups is 1. The number of piperazine rings is 1. The Morgan fingerprint density at radius 2 is 1.85 bits per heavy atom. The Kier molecular flexibility index (Phi) is 4.67. The lowest BCUT2D eigenvalue weighted by molar-refractivity contribution is 0.0610. The fraction of sp³-hybridized carbons (Fsp3) is 0.500. The van der Waals surface area contributed by atoms with E-state index in [1.165, 1.54) is 11.8 Å². The van der Waals surface area contributed by atoms with Crippen LogP contribution < -0.4 is 0 Å². The van der Waals surface area contributed by atoms with Crippen LogP contribution >= 0.6 is 0 Å². The number of hydrogen-bond donors (Lipinski definition) is 1. The minimum absolute atomic E-state index is 0.0751. The summed E-state index contributed by atoms with van der Waals surface area (Å²) >= 11 is 0. The van der Waals surface area contributed by atoms with Crippen LogP contribution in [0.4, 0.5) is 8.78 Å². The van der Waals surface area contributed by atoms with Crippen molar-refractivity contribution in [2.75, 3.05) is 39.3 Å². The van der Waals surface area contributed by atoms with Crippen molar-refractivity contribution in [3.8, 4) is 0 Å². The minimum atomic E-state index is -0.688. The van der Waals surface area contributed by atoms with Gasteiger partial charge in [-0.2, -0.15) is 0 Å². The average molecular weight is 284 g/mol. The third-order valence-corrected chi connectivity index (χ3v) is 3.55. The highest BCUT2D eigenvalue weighted by Gasteiger charge is 2.24. The van der Waals surface area contributed by atoms with E-state index in [1.807, 2.05) is 4.90 Å². The molecular weight excluding hydrogens is 266 g/mol. The number of aliphatic hydroxyl groups is 1. The van der Waals surface area contributed by atoms with Crippen LogP contribution in [0.3, 0.4) is 0 Å². The molecule has 0 unspecified atom stereocenters. The lowest BCUT2D eigenvalue weighted by atomic mass is 10.1. The molecule has 0 atom stereocenters. The van der Waals surface area contributed by atoms with E-state index in [1.54, 1.807) is 0 Å². The predicted octanol–water partition coefficient (Wildman–Crippen LogP) is 1.02. The van der Waals surface area contributed by atoms with Crippen molar-refractivity contribution in [1.29, 1.82) is 0 Å². The molecule has 1 aromatic rings. The number of amides is 1. The third-order valence-electron chi connectivity index (χ3n) is 3.55. The predicted molar refractivity (Wildman–Crippen MR) is 70.5 cm³/mol. The van der Waals surface area contributed by atoms with Crippen molar-refractivity contribution in [2.45, 2.75) is 6.92 Å². The first-order valence-corrected chi connectivity index (χ1v) is 6.61. The monoisotopic (exact) mass is 284 g/mol. The molecule has 0 saturated carbocycles. The maximum Gasteiger partial charge on any atom is 0.257 e. The van der Waals surface area contributed by atoms with E-state index in [0.29, 0.717) is 32.7 Å². The van der Waals surface area contributed by atoms with E-state index in [9.17, 15) is 13.6 Å². The van der Waals surface area contributed by atoms with E-state index in [-0.39, 0.29) is 17.7 Å². The smallest absolute Gasteiger partial charge is 0.257 e. The van der Waals surface area contributed by atoms with Crippen LogP contribution in [0.25, 0.3) is 0 Å². The first-order valence-electron chi connectivity index (χ1n) is 6.61. The molecule has 0 radical (unpaired) electrons. The third kappa shape index (κ3) is 3.13. The van der Waals surface area contributed by atoms with Crippen molar-refractivity contribution >= 4 is 5.91 Å². The molecule has 1 aliphatic heterocycles. The zero-order chi connectivity index (χ0) is 14.7. The second-order valence-electron chi connectivity index (χ2n) is 4.94. The number of halogens is 2. The SMILES string of the molecule is Cc1cc(F)c(C(=O)N2CCN(CCO)CC2)cc1F. The van der Waals surface area contributed by atoms with Crippen molar-refractivity contribution in [1.82, 2.24) is 9.80 Å². The van der Waals surface area contributed by atoms with Gasteiger partial charge < -0.3 is 10.0 Å². The average Bonchev–Trinajstić information content (AvgIpc) is 2.43. The van der Waals surface area contributed by atoms with Gasteiger partial charge in [-0.05, 0) is 24.6 Å². The van der Waals surface area contributed by atoms with Gasteiger partial charge in [0.25, 0.3) is 5.91 Å². The Labute approximate surface area is 116 Å². The van der Waals surface area contributed by atoms with E-state index in [2.05, 4.69) is 0 Å². The molecule has 1 fully saturated rings. The summed E-state index contributed by atoms with van der Waals surface area (Å²) in [6.07, 6.45) is 0. The summed E-state index contributed by atoms with van der Waals surface area (Å²) in [6, 6.07) is 2.01. The van der Waals surface area contributed by atoms with Gasteiger partial charge in [-0.25, -0.2) is 8.78 Å². The molecular formula is C14H18F2N2O2. The Morgan fingerprint density at radius 1 is 1.20 bits per heavy atom. The second kappa shape index (κ2) is 6.28. The fourth-order valence-electron chi connectivity index (χ4n) is 2.30. The van der Waals surface area contributed by atoms with Crippen LogP contribution in [0.5, 0.6) is 0 Å². The first-order chi connectivity index (χ1) is 9.52. The molecule has 2 rings (SSSR count). The van der Waals surface area contributed by atoms with Crippen molar-refractivity contribution in [2.24, 2.45) is 0 Å². The van der Waals surface area contributed by atoms with Crippen LogP contribution in [-0.2, 0) is 0 Å². The maximum atomic E-state index is 13.8. The molecule has 1 amide bonds. The lowest BCUT2D eigenvalue weighted by Crippen LogP contribution is -2.49. The summed E-state index contributed by atoms with van der Waals surface area (Å²) < 4.78 is 27.3. The summed E-state index contributed by atoms with van der Waals surface area (Å²) in [6.45, 7) is 4.26. The highest BCUT2D eigenvalue weighted by molar-refractivity contribution is 5.94. The van der Waals surface area contributed by atoms with Crippen molar-refractivity contribution < 1.29 is 18.7 Å². The number of benzene rings is 1. The molecule has 110 valence electrons. The molecule has 1 aliphatic rings. The standard InChI is InChI=1S/C14H18F2N2O2/c1-10-8-13(16)11(9-12(10)15)14(20)18-4-2-17(3-5-18)6-7-19/h8-9,19H,2-7H2,1H3. The molecule has 20 heavy (non-hydrogen) atoms. The number of nitrogens with zero attached hydrogens (tertiary/aromatic N) is 2. The number of aryl methyl sites for hydroxylation is 1. The Balaban J connectivity index is 2.07. The first kappa shape index (κ1) is 14.9. The van der Waals surface area contributed by atoms with Gasteiger partial charge in [0.05, 0.1) is 12.2 Å². The fourth-order valence-corrected chi connectivity index (χ4v) is 2.30. The molecule has 0 spiro atoms. The zero-order valence-electron chi connectivity index (χ0n) is 11.4. The molecule has 0 bridgehead atoms.